The Morgan fingerprint density at radius 3 is 2.24 bits per heavy atom. The van der Waals surface area contributed by atoms with Crippen LogP contribution in [0, 0.1) is 5.41 Å². The van der Waals surface area contributed by atoms with Crippen molar-refractivity contribution in [2.45, 2.75) is 83.1 Å². The van der Waals surface area contributed by atoms with E-state index in [2.05, 4.69) is 22.5 Å². The molecule has 2 aliphatic carbocycles. The summed E-state index contributed by atoms with van der Waals surface area (Å²) in [6, 6.07) is 0. The van der Waals surface area contributed by atoms with E-state index in [0.717, 1.165) is 58.3 Å². The summed E-state index contributed by atoms with van der Waals surface area (Å²) in [7, 11) is 0. The summed E-state index contributed by atoms with van der Waals surface area (Å²) in [4.78, 5) is 7.71. The van der Waals surface area contributed by atoms with Crippen molar-refractivity contribution < 1.29 is 9.84 Å². The molecule has 3 aliphatic rings. The second kappa shape index (κ2) is 11.5. The van der Waals surface area contributed by atoms with Gasteiger partial charge in [0.15, 0.2) is 5.96 Å². The van der Waals surface area contributed by atoms with E-state index in [1.54, 1.807) is 0 Å². The van der Waals surface area contributed by atoms with Crippen LogP contribution in [0.2, 0.25) is 0 Å². The van der Waals surface area contributed by atoms with Crippen LogP contribution in [0.1, 0.15) is 77.6 Å². The lowest BCUT2D eigenvalue weighted by Gasteiger charge is -2.48. The predicted octanol–water partition coefficient (Wildman–Crippen LogP) is 2.91. The third-order valence-electron chi connectivity index (χ3n) is 7.52. The van der Waals surface area contributed by atoms with E-state index in [4.69, 9.17) is 9.73 Å². The van der Waals surface area contributed by atoms with Gasteiger partial charge in [-0.3, -0.25) is 9.89 Å². The minimum atomic E-state index is 0.197. The van der Waals surface area contributed by atoms with Crippen molar-refractivity contribution >= 4 is 5.96 Å². The summed E-state index contributed by atoms with van der Waals surface area (Å²) in [5.74, 6) is 0.952. The van der Waals surface area contributed by atoms with Gasteiger partial charge in [-0.25, -0.2) is 0 Å². The molecule has 3 rings (SSSR count). The summed E-state index contributed by atoms with van der Waals surface area (Å²) >= 11 is 0. The lowest BCUT2D eigenvalue weighted by atomic mass is 9.72. The minimum absolute atomic E-state index is 0.197. The van der Waals surface area contributed by atoms with E-state index in [-0.39, 0.29) is 17.6 Å². The SMILES string of the molecule is CCNC(=NCC1(CCO)CCCCC1)NCC1(N2CCOCC2)CCCCC1. The van der Waals surface area contributed by atoms with Gasteiger partial charge in [0.25, 0.3) is 0 Å². The summed E-state index contributed by atoms with van der Waals surface area (Å²) in [6.07, 6.45) is 13.7. The lowest BCUT2D eigenvalue weighted by Crippen LogP contribution is -2.60. The summed E-state index contributed by atoms with van der Waals surface area (Å²) in [6.45, 7) is 8.91. The number of guanidine groups is 1. The van der Waals surface area contributed by atoms with Gasteiger partial charge in [-0.05, 0) is 44.4 Å². The van der Waals surface area contributed by atoms with E-state index in [0.29, 0.717) is 0 Å². The van der Waals surface area contributed by atoms with Crippen molar-refractivity contribution in [1.29, 1.82) is 0 Å². The molecule has 1 saturated heterocycles. The molecule has 0 unspecified atom stereocenters. The maximum atomic E-state index is 9.61. The van der Waals surface area contributed by atoms with E-state index in [9.17, 15) is 5.11 Å². The molecule has 0 atom stereocenters. The first-order chi connectivity index (χ1) is 14.2. The fourth-order valence-corrected chi connectivity index (χ4v) is 5.72. The van der Waals surface area contributed by atoms with E-state index < -0.39 is 0 Å². The summed E-state index contributed by atoms with van der Waals surface area (Å²) < 4.78 is 5.62. The number of nitrogens with zero attached hydrogens (tertiary/aromatic N) is 2. The van der Waals surface area contributed by atoms with Crippen LogP contribution in [0.3, 0.4) is 0 Å². The third-order valence-corrected chi connectivity index (χ3v) is 7.52. The number of rotatable bonds is 8. The van der Waals surface area contributed by atoms with Crippen molar-refractivity contribution in [3.8, 4) is 0 Å². The maximum absolute atomic E-state index is 9.61. The number of morpholine rings is 1. The maximum Gasteiger partial charge on any atom is 0.191 e. The molecule has 0 aromatic rings. The fourth-order valence-electron chi connectivity index (χ4n) is 5.72. The van der Waals surface area contributed by atoms with Gasteiger partial charge in [-0.2, -0.15) is 0 Å². The normalized spacial score (nSPS) is 25.5. The Morgan fingerprint density at radius 2 is 1.62 bits per heavy atom. The number of ether oxygens (including phenoxy) is 1. The quantitative estimate of drug-likeness (QED) is 0.426. The summed E-state index contributed by atoms with van der Waals surface area (Å²) in [5.41, 5.74) is 0.438. The lowest BCUT2D eigenvalue weighted by molar-refractivity contribution is -0.0352. The molecule has 2 saturated carbocycles. The summed E-state index contributed by atoms with van der Waals surface area (Å²) in [5, 5.41) is 16.8. The smallest absolute Gasteiger partial charge is 0.191 e. The van der Waals surface area contributed by atoms with E-state index >= 15 is 0 Å². The second-order valence-electron chi connectivity index (χ2n) is 9.47. The van der Waals surface area contributed by atoms with Gasteiger partial charge in [-0.1, -0.05) is 38.5 Å². The van der Waals surface area contributed by atoms with Gasteiger partial charge in [0.1, 0.15) is 0 Å². The highest BCUT2D eigenvalue weighted by atomic mass is 16.5. The van der Waals surface area contributed by atoms with Crippen molar-refractivity contribution in [3.05, 3.63) is 0 Å². The molecule has 0 aromatic heterocycles. The molecule has 0 amide bonds. The van der Waals surface area contributed by atoms with Gasteiger partial charge in [-0.15, -0.1) is 0 Å². The van der Waals surface area contributed by atoms with Crippen molar-refractivity contribution in [1.82, 2.24) is 15.5 Å². The first-order valence-corrected chi connectivity index (χ1v) is 12.2. The molecule has 29 heavy (non-hydrogen) atoms. The standard InChI is InChI=1S/C23H44N4O2/c1-2-24-21(25-19-22(13-16-28)9-5-3-6-10-22)26-20-23(11-7-4-8-12-23)27-14-17-29-18-15-27/h28H,2-20H2,1H3,(H2,24,25,26). The molecular formula is C23H44N4O2. The van der Waals surface area contributed by atoms with Crippen LogP contribution in [0.15, 0.2) is 4.99 Å². The highest BCUT2D eigenvalue weighted by Gasteiger charge is 2.38. The number of hydrogen-bond donors (Lipinski definition) is 3. The van der Waals surface area contributed by atoms with Crippen LogP contribution in [0.4, 0.5) is 0 Å². The minimum Gasteiger partial charge on any atom is -0.396 e. The van der Waals surface area contributed by atoms with Crippen LogP contribution in [0.5, 0.6) is 0 Å². The molecule has 0 bridgehead atoms. The number of hydrogen-bond acceptors (Lipinski definition) is 4. The van der Waals surface area contributed by atoms with Crippen molar-refractivity contribution in [3.63, 3.8) is 0 Å². The highest BCUT2D eigenvalue weighted by Crippen LogP contribution is 2.39. The predicted molar refractivity (Wildman–Crippen MR) is 119 cm³/mol. The second-order valence-corrected chi connectivity index (χ2v) is 9.47. The first-order valence-electron chi connectivity index (χ1n) is 12.2. The van der Waals surface area contributed by atoms with E-state index in [1.165, 1.54) is 64.2 Å². The van der Waals surface area contributed by atoms with Gasteiger partial charge in [0.05, 0.1) is 13.2 Å². The van der Waals surface area contributed by atoms with Crippen molar-refractivity contribution in [2.24, 2.45) is 10.4 Å². The first kappa shape index (κ1) is 22.8. The molecule has 6 nitrogen and oxygen atoms in total. The van der Waals surface area contributed by atoms with E-state index in [1.807, 2.05) is 0 Å². The average molecular weight is 409 g/mol. The Bertz CT molecular complexity index is 488. The molecule has 6 heteroatoms. The van der Waals surface area contributed by atoms with Crippen LogP contribution in [0.25, 0.3) is 0 Å². The zero-order valence-corrected chi connectivity index (χ0v) is 18.7. The molecule has 3 fully saturated rings. The third kappa shape index (κ3) is 6.31. The topological polar surface area (TPSA) is 69.1 Å². The molecule has 1 aliphatic heterocycles. The van der Waals surface area contributed by atoms with Gasteiger partial charge in [0, 0.05) is 44.9 Å². The zero-order chi connectivity index (χ0) is 20.4. The highest BCUT2D eigenvalue weighted by molar-refractivity contribution is 5.79. The van der Waals surface area contributed by atoms with Crippen LogP contribution >= 0.6 is 0 Å². The van der Waals surface area contributed by atoms with Gasteiger partial charge in [0.2, 0.25) is 0 Å². The Kier molecular flexibility index (Phi) is 9.07. The molecule has 0 aromatic carbocycles. The van der Waals surface area contributed by atoms with Crippen LogP contribution < -0.4 is 10.6 Å². The molecular weight excluding hydrogens is 364 g/mol. The van der Waals surface area contributed by atoms with Gasteiger partial charge < -0.3 is 20.5 Å². The number of aliphatic imine (C=N–C) groups is 1. The van der Waals surface area contributed by atoms with Gasteiger partial charge >= 0.3 is 0 Å². The monoisotopic (exact) mass is 408 g/mol. The molecule has 168 valence electrons. The fraction of sp³-hybridized carbons (Fsp3) is 0.957. The Hall–Kier alpha value is -0.850. The zero-order valence-electron chi connectivity index (χ0n) is 18.7. The van der Waals surface area contributed by atoms with Crippen LogP contribution in [-0.4, -0.2) is 74.0 Å². The molecule has 0 radical (unpaired) electrons. The number of nitrogens with one attached hydrogen (secondary N) is 2. The molecule has 0 spiro atoms. The number of aliphatic hydroxyl groups is 1. The Balaban J connectivity index is 1.65. The Morgan fingerprint density at radius 1 is 0.966 bits per heavy atom. The molecule has 1 heterocycles. The van der Waals surface area contributed by atoms with Crippen molar-refractivity contribution in [2.75, 3.05) is 52.5 Å². The van der Waals surface area contributed by atoms with Crippen LogP contribution in [-0.2, 0) is 4.74 Å². The Labute approximate surface area is 177 Å². The average Bonchev–Trinajstić information content (AvgIpc) is 2.78. The molecule has 3 N–H and O–H groups in total. The largest absolute Gasteiger partial charge is 0.396 e. The number of aliphatic hydroxyl groups excluding tert-OH is 1.